The third-order valence-corrected chi connectivity index (χ3v) is 5.36. The van der Waals surface area contributed by atoms with Crippen LogP contribution in [-0.4, -0.2) is 30.9 Å². The van der Waals surface area contributed by atoms with E-state index in [0.29, 0.717) is 29.8 Å². The van der Waals surface area contributed by atoms with Crippen molar-refractivity contribution < 1.29 is 13.9 Å². The highest BCUT2D eigenvalue weighted by Crippen LogP contribution is 2.32. The van der Waals surface area contributed by atoms with Crippen molar-refractivity contribution >= 4 is 11.0 Å². The van der Waals surface area contributed by atoms with Gasteiger partial charge in [-0.3, -0.25) is 9.69 Å². The summed E-state index contributed by atoms with van der Waals surface area (Å²) in [6, 6.07) is 13.3. The zero-order valence-corrected chi connectivity index (χ0v) is 15.0. The van der Waals surface area contributed by atoms with Crippen molar-refractivity contribution in [2.75, 3.05) is 19.9 Å². The van der Waals surface area contributed by atoms with Gasteiger partial charge in [-0.15, -0.1) is 0 Å². The molecule has 1 atom stereocenters. The molecule has 1 aromatic heterocycles. The Hall–Kier alpha value is -2.63. The zero-order chi connectivity index (χ0) is 18.2. The lowest BCUT2D eigenvalue weighted by Gasteiger charge is -2.30. The van der Waals surface area contributed by atoms with E-state index >= 15 is 0 Å². The van der Waals surface area contributed by atoms with Crippen LogP contribution in [0.25, 0.3) is 22.1 Å². The monoisotopic (exact) mass is 363 g/mol. The number of rotatable bonds is 3. The summed E-state index contributed by atoms with van der Waals surface area (Å²) in [7, 11) is 0. The predicted molar refractivity (Wildman–Crippen MR) is 103 cm³/mol. The van der Waals surface area contributed by atoms with Crippen molar-refractivity contribution in [2.24, 2.45) is 0 Å². The molecule has 0 amide bonds. The standard InChI is InChI=1S/C22H21NO4/c24-21-17-8-9-20-18(12-23(14-27-20)11-16-7-4-10-25-16)22(17)26-13-19(21)15-5-2-1-3-6-15/h1-3,5-6,8-9,13,16H,4,7,10-12,14H2/t16-/m0/s1. The van der Waals surface area contributed by atoms with Gasteiger partial charge in [0.1, 0.15) is 24.3 Å². The van der Waals surface area contributed by atoms with E-state index in [1.54, 1.807) is 6.26 Å². The second-order valence-electron chi connectivity index (χ2n) is 7.18. The van der Waals surface area contributed by atoms with Crippen LogP contribution >= 0.6 is 0 Å². The quantitative estimate of drug-likeness (QED) is 0.709. The molecule has 0 aliphatic carbocycles. The highest BCUT2D eigenvalue weighted by molar-refractivity contribution is 5.85. The van der Waals surface area contributed by atoms with Gasteiger partial charge in [-0.2, -0.15) is 0 Å². The van der Waals surface area contributed by atoms with Gasteiger partial charge in [0.15, 0.2) is 0 Å². The van der Waals surface area contributed by atoms with Crippen LogP contribution in [0.5, 0.6) is 5.75 Å². The molecule has 1 saturated heterocycles. The van der Waals surface area contributed by atoms with E-state index in [2.05, 4.69) is 4.90 Å². The first kappa shape index (κ1) is 16.5. The van der Waals surface area contributed by atoms with Crippen LogP contribution in [0.4, 0.5) is 0 Å². The molecule has 1 fully saturated rings. The summed E-state index contributed by atoms with van der Waals surface area (Å²) in [5.41, 5.74) is 2.99. The van der Waals surface area contributed by atoms with Crippen LogP contribution in [-0.2, 0) is 11.3 Å². The fraction of sp³-hybridized carbons (Fsp3) is 0.318. The Balaban J connectivity index is 1.52. The van der Waals surface area contributed by atoms with Crippen molar-refractivity contribution in [3.05, 3.63) is 64.5 Å². The maximum Gasteiger partial charge on any atom is 0.200 e. The van der Waals surface area contributed by atoms with Gasteiger partial charge in [-0.05, 0) is 30.5 Å². The maximum atomic E-state index is 13.0. The largest absolute Gasteiger partial charge is 0.478 e. The summed E-state index contributed by atoms with van der Waals surface area (Å²) in [5.74, 6) is 0.793. The predicted octanol–water partition coefficient (Wildman–Crippen LogP) is 3.79. The SMILES string of the molecule is O=c1c(-c2ccccc2)coc2c3c(ccc12)OCN(C[C@@H]1CCCO1)C3. The number of fused-ring (bicyclic) bond motifs is 3. The Morgan fingerprint density at radius 1 is 1.11 bits per heavy atom. The molecule has 2 aliphatic heterocycles. The molecule has 0 spiro atoms. The molecule has 0 N–H and O–H groups in total. The van der Waals surface area contributed by atoms with Crippen molar-refractivity contribution in [3.63, 3.8) is 0 Å². The Kier molecular flexibility index (Phi) is 4.19. The minimum Gasteiger partial charge on any atom is -0.478 e. The van der Waals surface area contributed by atoms with E-state index in [-0.39, 0.29) is 11.5 Å². The summed E-state index contributed by atoms with van der Waals surface area (Å²) < 4.78 is 17.6. The molecule has 0 unspecified atom stereocenters. The molecular formula is C22H21NO4. The average molecular weight is 363 g/mol. The van der Waals surface area contributed by atoms with Gasteiger partial charge in [-0.1, -0.05) is 30.3 Å². The van der Waals surface area contributed by atoms with Crippen molar-refractivity contribution in [1.82, 2.24) is 4.90 Å². The van der Waals surface area contributed by atoms with E-state index in [9.17, 15) is 4.79 Å². The van der Waals surface area contributed by atoms with E-state index in [1.807, 2.05) is 42.5 Å². The van der Waals surface area contributed by atoms with Gasteiger partial charge in [0.25, 0.3) is 0 Å². The smallest absolute Gasteiger partial charge is 0.200 e. The highest BCUT2D eigenvalue weighted by Gasteiger charge is 2.26. The summed E-state index contributed by atoms with van der Waals surface area (Å²) in [5, 5.41) is 0.595. The Labute approximate surface area is 157 Å². The lowest BCUT2D eigenvalue weighted by molar-refractivity contribution is 0.0281. The van der Waals surface area contributed by atoms with Gasteiger partial charge in [-0.25, -0.2) is 0 Å². The zero-order valence-electron chi connectivity index (χ0n) is 15.0. The van der Waals surface area contributed by atoms with E-state index in [0.717, 1.165) is 42.9 Å². The van der Waals surface area contributed by atoms with E-state index in [4.69, 9.17) is 13.9 Å². The lowest BCUT2D eigenvalue weighted by atomic mass is 10.0. The van der Waals surface area contributed by atoms with Crippen molar-refractivity contribution in [2.45, 2.75) is 25.5 Å². The minimum atomic E-state index is -0.0125. The minimum absolute atomic E-state index is 0.0125. The van der Waals surface area contributed by atoms with Crippen LogP contribution < -0.4 is 10.2 Å². The fourth-order valence-corrected chi connectivity index (χ4v) is 3.97. The molecular weight excluding hydrogens is 342 g/mol. The Morgan fingerprint density at radius 2 is 2.00 bits per heavy atom. The normalized spacial score (nSPS) is 19.8. The highest BCUT2D eigenvalue weighted by atomic mass is 16.5. The third kappa shape index (κ3) is 3.03. The van der Waals surface area contributed by atoms with Crippen LogP contribution in [0, 0.1) is 0 Å². The molecule has 5 nitrogen and oxygen atoms in total. The number of hydrogen-bond acceptors (Lipinski definition) is 5. The Morgan fingerprint density at radius 3 is 2.81 bits per heavy atom. The molecule has 2 aliphatic rings. The van der Waals surface area contributed by atoms with Crippen molar-refractivity contribution in [3.8, 4) is 16.9 Å². The molecule has 138 valence electrons. The maximum absolute atomic E-state index is 13.0. The van der Waals surface area contributed by atoms with Gasteiger partial charge >= 0.3 is 0 Å². The molecule has 0 bridgehead atoms. The average Bonchev–Trinajstić information content (AvgIpc) is 3.22. The summed E-state index contributed by atoms with van der Waals surface area (Å²) >= 11 is 0. The number of nitrogens with zero attached hydrogens (tertiary/aromatic N) is 1. The first-order valence-corrected chi connectivity index (χ1v) is 9.39. The molecule has 0 saturated carbocycles. The molecule has 27 heavy (non-hydrogen) atoms. The lowest BCUT2D eigenvalue weighted by Crippen LogP contribution is -2.37. The Bertz CT molecular complexity index is 1020. The molecule has 3 heterocycles. The van der Waals surface area contributed by atoms with Gasteiger partial charge in [0.05, 0.1) is 22.6 Å². The number of ether oxygens (including phenoxy) is 2. The van der Waals surface area contributed by atoms with Gasteiger partial charge in [0.2, 0.25) is 5.43 Å². The summed E-state index contributed by atoms with van der Waals surface area (Å²) in [4.78, 5) is 15.3. The third-order valence-electron chi connectivity index (χ3n) is 5.36. The van der Waals surface area contributed by atoms with Crippen molar-refractivity contribution in [1.29, 1.82) is 0 Å². The van der Waals surface area contributed by atoms with E-state index < -0.39 is 0 Å². The first-order valence-electron chi connectivity index (χ1n) is 9.39. The van der Waals surface area contributed by atoms with E-state index in [1.165, 1.54) is 0 Å². The molecule has 0 radical (unpaired) electrons. The second-order valence-corrected chi connectivity index (χ2v) is 7.18. The van der Waals surface area contributed by atoms with Crippen LogP contribution in [0.3, 0.4) is 0 Å². The number of benzene rings is 2. The van der Waals surface area contributed by atoms with Gasteiger partial charge in [0, 0.05) is 19.7 Å². The topological polar surface area (TPSA) is 51.9 Å². The molecule has 3 aromatic rings. The summed E-state index contributed by atoms with van der Waals surface area (Å²) in [6.07, 6.45) is 4.05. The van der Waals surface area contributed by atoms with Crippen LogP contribution in [0.15, 0.2) is 57.9 Å². The molecule has 2 aromatic carbocycles. The molecule has 5 heteroatoms. The molecule has 5 rings (SSSR count). The second kappa shape index (κ2) is 6.83. The van der Waals surface area contributed by atoms with Gasteiger partial charge < -0.3 is 13.9 Å². The first-order chi connectivity index (χ1) is 13.3. The van der Waals surface area contributed by atoms with Crippen LogP contribution in [0.1, 0.15) is 18.4 Å². The fourth-order valence-electron chi connectivity index (χ4n) is 3.97. The number of hydrogen-bond donors (Lipinski definition) is 0. The van der Waals surface area contributed by atoms with Crippen LogP contribution in [0.2, 0.25) is 0 Å². The summed E-state index contributed by atoms with van der Waals surface area (Å²) in [6.45, 7) is 2.91.